The Labute approximate surface area is 202 Å². The summed E-state index contributed by atoms with van der Waals surface area (Å²) in [4.78, 5) is 57.4. The lowest BCUT2D eigenvalue weighted by Gasteiger charge is -2.35. The number of rotatable bonds is 7. The van der Waals surface area contributed by atoms with E-state index in [0.717, 1.165) is 49.0 Å². The Morgan fingerprint density at radius 3 is 2.71 bits per heavy atom. The minimum Gasteiger partial charge on any atom is -0.337 e. The number of fused-ring (bicyclic) bond motifs is 1. The molecule has 0 radical (unpaired) electrons. The van der Waals surface area contributed by atoms with Gasteiger partial charge in [-0.2, -0.15) is 0 Å². The smallest absolute Gasteiger partial charge is 0.262 e. The van der Waals surface area contributed by atoms with Crippen LogP contribution in [0.2, 0.25) is 0 Å². The molecule has 184 valence electrons. The van der Waals surface area contributed by atoms with Gasteiger partial charge >= 0.3 is 0 Å². The maximum absolute atomic E-state index is 13.0. The molecule has 3 N–H and O–H groups in total. The minimum absolute atomic E-state index is 0.104. The number of aryl methyl sites for hydroxylation is 1. The number of piperazine rings is 1. The minimum atomic E-state index is -0.952. The highest BCUT2D eigenvalue weighted by Crippen LogP contribution is 2.28. The summed E-state index contributed by atoms with van der Waals surface area (Å²) in [6.45, 7) is 4.89. The Morgan fingerprint density at radius 1 is 1.11 bits per heavy atom. The Hall–Kier alpha value is -3.41. The number of hydrogen-bond donors (Lipinski definition) is 3. The number of carbonyl (C=O) groups excluding carboxylic acids is 4. The molecule has 3 aliphatic heterocycles. The van der Waals surface area contributed by atoms with E-state index in [2.05, 4.69) is 30.4 Å². The molecular formula is C24H29N7O4. The zero-order valence-electron chi connectivity index (χ0n) is 19.6. The number of imidazole rings is 1. The van der Waals surface area contributed by atoms with Crippen molar-refractivity contribution in [3.63, 3.8) is 0 Å². The maximum atomic E-state index is 13.0. The molecular weight excluding hydrogens is 450 g/mol. The van der Waals surface area contributed by atoms with Gasteiger partial charge < -0.3 is 15.2 Å². The van der Waals surface area contributed by atoms with E-state index in [-0.39, 0.29) is 24.8 Å². The van der Waals surface area contributed by atoms with E-state index >= 15 is 0 Å². The van der Waals surface area contributed by atoms with E-state index in [0.29, 0.717) is 17.7 Å². The highest BCUT2D eigenvalue weighted by Gasteiger charge is 2.44. The largest absolute Gasteiger partial charge is 0.337 e. The number of carbonyl (C=O) groups is 4. The van der Waals surface area contributed by atoms with E-state index in [1.54, 1.807) is 12.1 Å². The van der Waals surface area contributed by atoms with Gasteiger partial charge in [0.25, 0.3) is 11.8 Å². The van der Waals surface area contributed by atoms with Crippen molar-refractivity contribution in [1.29, 1.82) is 0 Å². The fraction of sp³-hybridized carbons (Fsp3) is 0.458. The molecule has 1 aromatic carbocycles. The number of hydrogen-bond acceptors (Lipinski definition) is 8. The third kappa shape index (κ3) is 4.49. The lowest BCUT2D eigenvalue weighted by molar-refractivity contribution is -0.136. The first-order valence-corrected chi connectivity index (χ1v) is 11.9. The molecule has 11 heteroatoms. The molecule has 0 aliphatic carbocycles. The second kappa shape index (κ2) is 9.68. The summed E-state index contributed by atoms with van der Waals surface area (Å²) >= 11 is 0. The van der Waals surface area contributed by atoms with E-state index in [9.17, 15) is 19.2 Å². The molecule has 2 fully saturated rings. The van der Waals surface area contributed by atoms with Crippen molar-refractivity contribution in [3.8, 4) is 0 Å². The van der Waals surface area contributed by atoms with Crippen LogP contribution in [-0.4, -0.2) is 81.7 Å². The number of amides is 4. The average molecular weight is 480 g/mol. The van der Waals surface area contributed by atoms with Crippen molar-refractivity contribution in [1.82, 2.24) is 35.3 Å². The van der Waals surface area contributed by atoms with Crippen molar-refractivity contribution in [2.75, 3.05) is 32.7 Å². The summed E-state index contributed by atoms with van der Waals surface area (Å²) in [5.41, 5.74) is 1.48. The quantitative estimate of drug-likeness (QED) is 0.360. The van der Waals surface area contributed by atoms with Crippen molar-refractivity contribution in [2.45, 2.75) is 31.5 Å². The van der Waals surface area contributed by atoms with Gasteiger partial charge in [-0.15, -0.1) is 0 Å². The number of nitrogens with zero attached hydrogens (tertiary/aromatic N) is 4. The van der Waals surface area contributed by atoms with Gasteiger partial charge in [-0.1, -0.05) is 6.07 Å². The van der Waals surface area contributed by atoms with Crippen LogP contribution in [0.15, 0.2) is 30.6 Å². The third-order valence-corrected chi connectivity index (χ3v) is 6.92. The lowest BCUT2D eigenvalue weighted by atomic mass is 10.0. The standard InChI is InChI=1S/C24H29N7O4/c1-29-9-8-27-21(29)19-14-26-7-11-30(19)10-6-25-13-15-2-3-16-17(12-15)24(35)31(23(16)34)18-4-5-20(32)28-22(18)33/h2-3,8-9,12,18-19,25-26H,4-7,10-11,13-14H2,1H3,(H,28,32,33). The molecule has 4 amide bonds. The summed E-state index contributed by atoms with van der Waals surface area (Å²) in [6.07, 6.45) is 4.03. The number of imide groups is 2. The summed E-state index contributed by atoms with van der Waals surface area (Å²) in [5, 5.41) is 9.09. The van der Waals surface area contributed by atoms with Gasteiger partial charge in [0.15, 0.2) is 0 Å². The molecule has 11 nitrogen and oxygen atoms in total. The van der Waals surface area contributed by atoms with E-state index in [1.165, 1.54) is 0 Å². The molecule has 2 saturated heterocycles. The molecule has 0 saturated carbocycles. The molecule has 4 heterocycles. The van der Waals surface area contributed by atoms with Gasteiger partial charge in [-0.05, 0) is 24.1 Å². The number of aromatic nitrogens is 2. The van der Waals surface area contributed by atoms with Gasteiger partial charge in [0.1, 0.15) is 11.9 Å². The van der Waals surface area contributed by atoms with E-state index in [1.807, 2.05) is 25.5 Å². The van der Waals surface area contributed by atoms with Gasteiger partial charge in [0, 0.05) is 65.1 Å². The molecule has 3 aliphatic rings. The molecule has 2 aromatic rings. The van der Waals surface area contributed by atoms with Crippen LogP contribution in [-0.2, 0) is 23.2 Å². The van der Waals surface area contributed by atoms with Crippen molar-refractivity contribution in [2.24, 2.45) is 7.05 Å². The van der Waals surface area contributed by atoms with Gasteiger partial charge in [0.05, 0.1) is 17.2 Å². The predicted molar refractivity (Wildman–Crippen MR) is 125 cm³/mol. The topological polar surface area (TPSA) is 129 Å². The second-order valence-corrected chi connectivity index (χ2v) is 9.16. The Morgan fingerprint density at radius 2 is 1.94 bits per heavy atom. The van der Waals surface area contributed by atoms with Gasteiger partial charge in [-0.3, -0.25) is 34.3 Å². The number of nitrogens with one attached hydrogen (secondary N) is 3. The number of benzene rings is 1. The summed E-state index contributed by atoms with van der Waals surface area (Å²) in [5.74, 6) is -0.921. The average Bonchev–Trinajstić information content (AvgIpc) is 3.38. The second-order valence-electron chi connectivity index (χ2n) is 9.16. The molecule has 2 unspecified atom stereocenters. The molecule has 5 rings (SSSR count). The Kier molecular flexibility index (Phi) is 6.46. The Bertz CT molecular complexity index is 1180. The molecule has 1 aromatic heterocycles. The molecule has 0 spiro atoms. The SMILES string of the molecule is Cn1ccnc1C1CNCCN1CCNCc1ccc2c(c1)C(=O)N(C1CCC(=O)NC1=O)C2=O. The first-order chi connectivity index (χ1) is 16.9. The van der Waals surface area contributed by atoms with Crippen LogP contribution in [0.25, 0.3) is 0 Å². The highest BCUT2D eigenvalue weighted by atomic mass is 16.2. The fourth-order valence-electron chi connectivity index (χ4n) is 5.05. The van der Waals surface area contributed by atoms with E-state index < -0.39 is 23.8 Å². The zero-order valence-corrected chi connectivity index (χ0v) is 19.6. The van der Waals surface area contributed by atoms with Crippen molar-refractivity contribution < 1.29 is 19.2 Å². The van der Waals surface area contributed by atoms with Crippen LogP contribution in [0.3, 0.4) is 0 Å². The first kappa shape index (κ1) is 23.3. The number of piperidine rings is 1. The van der Waals surface area contributed by atoms with Crippen LogP contribution in [0.1, 0.15) is 51.0 Å². The van der Waals surface area contributed by atoms with Crippen LogP contribution >= 0.6 is 0 Å². The predicted octanol–water partition coefficient (Wildman–Crippen LogP) is -0.443. The van der Waals surface area contributed by atoms with Gasteiger partial charge in [-0.25, -0.2) is 4.98 Å². The molecule has 0 bridgehead atoms. The fourth-order valence-corrected chi connectivity index (χ4v) is 5.05. The maximum Gasteiger partial charge on any atom is 0.262 e. The first-order valence-electron chi connectivity index (χ1n) is 11.9. The Balaban J connectivity index is 1.19. The highest BCUT2D eigenvalue weighted by molar-refractivity contribution is 6.23. The summed E-state index contributed by atoms with van der Waals surface area (Å²) in [7, 11) is 2.01. The van der Waals surface area contributed by atoms with E-state index in [4.69, 9.17) is 0 Å². The van der Waals surface area contributed by atoms with Crippen molar-refractivity contribution in [3.05, 3.63) is 53.1 Å². The molecule has 35 heavy (non-hydrogen) atoms. The zero-order chi connectivity index (χ0) is 24.5. The van der Waals surface area contributed by atoms with Gasteiger partial charge in [0.2, 0.25) is 11.8 Å². The van der Waals surface area contributed by atoms with Crippen LogP contribution in [0.4, 0.5) is 0 Å². The summed E-state index contributed by atoms with van der Waals surface area (Å²) < 4.78 is 2.05. The third-order valence-electron chi connectivity index (χ3n) is 6.92. The summed E-state index contributed by atoms with van der Waals surface area (Å²) in [6, 6.07) is 4.45. The molecule has 2 atom stereocenters. The normalized spacial score (nSPS) is 23.1. The van der Waals surface area contributed by atoms with Crippen LogP contribution < -0.4 is 16.0 Å². The van der Waals surface area contributed by atoms with Crippen LogP contribution in [0, 0.1) is 0 Å². The lowest BCUT2D eigenvalue weighted by Crippen LogP contribution is -2.54. The monoisotopic (exact) mass is 479 g/mol. The van der Waals surface area contributed by atoms with Crippen molar-refractivity contribution >= 4 is 23.6 Å². The van der Waals surface area contributed by atoms with Crippen LogP contribution in [0.5, 0.6) is 0 Å².